The van der Waals surface area contributed by atoms with Crippen LogP contribution in [0.25, 0.3) is 0 Å². The van der Waals surface area contributed by atoms with Crippen molar-refractivity contribution >= 4 is 5.91 Å². The van der Waals surface area contributed by atoms with E-state index in [9.17, 15) is 4.79 Å². The highest BCUT2D eigenvalue weighted by Gasteiger charge is 2.24. The SMILES string of the molecule is CNCC(C)C(=O)NC1CCc2ccccc21. The predicted octanol–water partition coefficient (Wildman–Crippen LogP) is 1.65. The lowest BCUT2D eigenvalue weighted by atomic mass is 10.1. The van der Waals surface area contributed by atoms with Gasteiger partial charge < -0.3 is 10.6 Å². The summed E-state index contributed by atoms with van der Waals surface area (Å²) < 4.78 is 0. The molecule has 1 aliphatic rings. The maximum atomic E-state index is 11.9. The Morgan fingerprint density at radius 3 is 3.00 bits per heavy atom. The van der Waals surface area contributed by atoms with Gasteiger partial charge in [0.1, 0.15) is 0 Å². The van der Waals surface area contributed by atoms with Crippen LogP contribution in [-0.4, -0.2) is 19.5 Å². The predicted molar refractivity (Wildman–Crippen MR) is 68.7 cm³/mol. The number of rotatable bonds is 4. The normalized spacial score (nSPS) is 19.8. The zero-order chi connectivity index (χ0) is 12.3. The molecule has 1 aromatic carbocycles. The van der Waals surface area contributed by atoms with Gasteiger partial charge in [0, 0.05) is 12.5 Å². The Hall–Kier alpha value is -1.35. The Labute approximate surface area is 103 Å². The minimum Gasteiger partial charge on any atom is -0.349 e. The fourth-order valence-corrected chi connectivity index (χ4v) is 2.42. The number of nitrogens with one attached hydrogen (secondary N) is 2. The van der Waals surface area contributed by atoms with Crippen LogP contribution in [0.15, 0.2) is 24.3 Å². The molecule has 0 saturated carbocycles. The molecule has 0 spiro atoms. The number of carbonyl (C=O) groups is 1. The van der Waals surface area contributed by atoms with Crippen LogP contribution in [0.1, 0.15) is 30.5 Å². The molecule has 0 aliphatic heterocycles. The molecule has 0 heterocycles. The smallest absolute Gasteiger partial charge is 0.224 e. The molecule has 0 fully saturated rings. The van der Waals surface area contributed by atoms with Crippen LogP contribution in [0.2, 0.25) is 0 Å². The Bertz CT molecular complexity index is 403. The maximum absolute atomic E-state index is 11.9. The maximum Gasteiger partial charge on any atom is 0.224 e. The largest absolute Gasteiger partial charge is 0.349 e. The highest BCUT2D eigenvalue weighted by atomic mass is 16.1. The van der Waals surface area contributed by atoms with E-state index in [0.29, 0.717) is 0 Å². The molecule has 0 radical (unpaired) electrons. The van der Waals surface area contributed by atoms with E-state index >= 15 is 0 Å². The van der Waals surface area contributed by atoms with Crippen molar-refractivity contribution in [3.05, 3.63) is 35.4 Å². The zero-order valence-electron chi connectivity index (χ0n) is 10.5. The molecule has 92 valence electrons. The van der Waals surface area contributed by atoms with Gasteiger partial charge in [-0.15, -0.1) is 0 Å². The molecule has 0 saturated heterocycles. The highest BCUT2D eigenvalue weighted by molar-refractivity contribution is 5.79. The van der Waals surface area contributed by atoms with Crippen LogP contribution in [-0.2, 0) is 11.2 Å². The summed E-state index contributed by atoms with van der Waals surface area (Å²) in [5.41, 5.74) is 2.66. The Morgan fingerprint density at radius 1 is 1.47 bits per heavy atom. The number of benzene rings is 1. The van der Waals surface area contributed by atoms with Crippen molar-refractivity contribution in [2.24, 2.45) is 5.92 Å². The summed E-state index contributed by atoms with van der Waals surface area (Å²) in [6.07, 6.45) is 2.10. The second kappa shape index (κ2) is 5.32. The van der Waals surface area contributed by atoms with Crippen molar-refractivity contribution in [2.75, 3.05) is 13.6 Å². The van der Waals surface area contributed by atoms with Gasteiger partial charge in [-0.3, -0.25) is 4.79 Å². The molecule has 2 N–H and O–H groups in total. The number of hydrogen-bond acceptors (Lipinski definition) is 2. The number of hydrogen-bond donors (Lipinski definition) is 2. The first-order valence-electron chi connectivity index (χ1n) is 6.25. The van der Waals surface area contributed by atoms with Gasteiger partial charge in [-0.05, 0) is 31.0 Å². The fourth-order valence-electron chi connectivity index (χ4n) is 2.42. The highest BCUT2D eigenvalue weighted by Crippen LogP contribution is 2.30. The lowest BCUT2D eigenvalue weighted by molar-refractivity contribution is -0.125. The lowest BCUT2D eigenvalue weighted by Crippen LogP contribution is -2.36. The van der Waals surface area contributed by atoms with Crippen molar-refractivity contribution < 1.29 is 4.79 Å². The Balaban J connectivity index is 2.00. The van der Waals surface area contributed by atoms with Gasteiger partial charge in [-0.2, -0.15) is 0 Å². The van der Waals surface area contributed by atoms with E-state index in [4.69, 9.17) is 0 Å². The molecular weight excluding hydrogens is 212 g/mol. The third-order valence-corrected chi connectivity index (χ3v) is 3.41. The van der Waals surface area contributed by atoms with Gasteiger partial charge in [-0.1, -0.05) is 31.2 Å². The first-order chi connectivity index (χ1) is 8.22. The summed E-state index contributed by atoms with van der Waals surface area (Å²) in [6.45, 7) is 2.67. The van der Waals surface area contributed by atoms with E-state index in [2.05, 4.69) is 28.8 Å². The molecule has 0 aromatic heterocycles. The second-order valence-corrected chi connectivity index (χ2v) is 4.76. The standard InChI is InChI=1S/C14H20N2O/c1-10(9-15-2)14(17)16-13-8-7-11-5-3-4-6-12(11)13/h3-6,10,13,15H,7-9H2,1-2H3,(H,16,17). The van der Waals surface area contributed by atoms with Crippen LogP contribution >= 0.6 is 0 Å². The Kier molecular flexibility index (Phi) is 3.79. The van der Waals surface area contributed by atoms with Crippen LogP contribution in [0.3, 0.4) is 0 Å². The molecule has 3 heteroatoms. The number of fused-ring (bicyclic) bond motifs is 1. The van der Waals surface area contributed by atoms with Gasteiger partial charge >= 0.3 is 0 Å². The summed E-state index contributed by atoms with van der Waals surface area (Å²) in [7, 11) is 1.87. The van der Waals surface area contributed by atoms with Crippen molar-refractivity contribution in [3.63, 3.8) is 0 Å². The average molecular weight is 232 g/mol. The topological polar surface area (TPSA) is 41.1 Å². The number of amides is 1. The molecule has 2 atom stereocenters. The second-order valence-electron chi connectivity index (χ2n) is 4.76. The quantitative estimate of drug-likeness (QED) is 0.828. The van der Waals surface area contributed by atoms with Crippen LogP contribution in [0, 0.1) is 5.92 Å². The molecule has 3 nitrogen and oxygen atoms in total. The average Bonchev–Trinajstić information content (AvgIpc) is 2.73. The van der Waals surface area contributed by atoms with Gasteiger partial charge in [0.05, 0.1) is 6.04 Å². The number of carbonyl (C=O) groups excluding carboxylic acids is 1. The molecule has 2 rings (SSSR count). The van der Waals surface area contributed by atoms with E-state index in [0.717, 1.165) is 19.4 Å². The lowest BCUT2D eigenvalue weighted by Gasteiger charge is -2.17. The molecule has 17 heavy (non-hydrogen) atoms. The monoisotopic (exact) mass is 232 g/mol. The summed E-state index contributed by atoms with van der Waals surface area (Å²) in [5, 5.41) is 6.17. The summed E-state index contributed by atoms with van der Waals surface area (Å²) in [4.78, 5) is 11.9. The summed E-state index contributed by atoms with van der Waals surface area (Å²) >= 11 is 0. The van der Waals surface area contributed by atoms with Gasteiger partial charge in [0.25, 0.3) is 0 Å². The molecule has 1 aliphatic carbocycles. The van der Waals surface area contributed by atoms with E-state index in [-0.39, 0.29) is 17.9 Å². The summed E-state index contributed by atoms with van der Waals surface area (Å²) in [5.74, 6) is 0.161. The number of aryl methyl sites for hydroxylation is 1. The van der Waals surface area contributed by atoms with Crippen molar-refractivity contribution in [1.29, 1.82) is 0 Å². The fraction of sp³-hybridized carbons (Fsp3) is 0.500. The van der Waals surface area contributed by atoms with E-state index in [1.54, 1.807) is 0 Å². The van der Waals surface area contributed by atoms with Crippen molar-refractivity contribution in [1.82, 2.24) is 10.6 Å². The van der Waals surface area contributed by atoms with Gasteiger partial charge in [0.15, 0.2) is 0 Å². The molecule has 0 bridgehead atoms. The first kappa shape index (κ1) is 12.1. The van der Waals surface area contributed by atoms with E-state index in [1.165, 1.54) is 11.1 Å². The van der Waals surface area contributed by atoms with Crippen LogP contribution in [0.5, 0.6) is 0 Å². The van der Waals surface area contributed by atoms with Gasteiger partial charge in [-0.25, -0.2) is 0 Å². The van der Waals surface area contributed by atoms with Crippen LogP contribution < -0.4 is 10.6 Å². The summed E-state index contributed by atoms with van der Waals surface area (Å²) in [6, 6.07) is 8.58. The third-order valence-electron chi connectivity index (χ3n) is 3.41. The Morgan fingerprint density at radius 2 is 2.24 bits per heavy atom. The molecule has 1 amide bonds. The minimum atomic E-state index is 0.0211. The third kappa shape index (κ3) is 2.67. The minimum absolute atomic E-state index is 0.0211. The van der Waals surface area contributed by atoms with E-state index < -0.39 is 0 Å². The zero-order valence-corrected chi connectivity index (χ0v) is 10.5. The molecule has 2 unspecified atom stereocenters. The van der Waals surface area contributed by atoms with Gasteiger partial charge in [0.2, 0.25) is 5.91 Å². The molecule has 1 aromatic rings. The van der Waals surface area contributed by atoms with Crippen LogP contribution in [0.4, 0.5) is 0 Å². The van der Waals surface area contributed by atoms with Crippen molar-refractivity contribution in [3.8, 4) is 0 Å². The van der Waals surface area contributed by atoms with E-state index in [1.807, 2.05) is 20.0 Å². The first-order valence-corrected chi connectivity index (χ1v) is 6.25. The van der Waals surface area contributed by atoms with Crippen molar-refractivity contribution in [2.45, 2.75) is 25.8 Å². The molecular formula is C14H20N2O.